The van der Waals surface area contributed by atoms with Gasteiger partial charge in [0.05, 0.1) is 12.1 Å². The van der Waals surface area contributed by atoms with Crippen LogP contribution in [0.3, 0.4) is 0 Å². The van der Waals surface area contributed by atoms with Gasteiger partial charge in [-0.3, -0.25) is 4.79 Å². The summed E-state index contributed by atoms with van der Waals surface area (Å²) in [6, 6.07) is 8.61. The monoisotopic (exact) mass is 318 g/mol. The Morgan fingerprint density at radius 1 is 1.13 bits per heavy atom. The molecule has 0 aliphatic rings. The smallest absolute Gasteiger partial charge is 0.237 e. The maximum Gasteiger partial charge on any atom is 0.237 e. The van der Waals surface area contributed by atoms with Crippen molar-refractivity contribution >= 4 is 12.2 Å². The number of hydrogen-bond acceptors (Lipinski definition) is 3. The quantitative estimate of drug-likeness (QED) is 0.460. The van der Waals surface area contributed by atoms with E-state index in [1.807, 2.05) is 30.3 Å². The molecule has 1 unspecified atom stereocenters. The lowest BCUT2D eigenvalue weighted by Crippen LogP contribution is -2.46. The Balaban J connectivity index is 2.27. The number of amides is 1. The fourth-order valence-corrected chi connectivity index (χ4v) is 2.57. The highest BCUT2D eigenvalue weighted by molar-refractivity contribution is 5.84. The van der Waals surface area contributed by atoms with Crippen LogP contribution in [0.2, 0.25) is 0 Å². The summed E-state index contributed by atoms with van der Waals surface area (Å²) in [5, 5.41) is 2.74. The summed E-state index contributed by atoms with van der Waals surface area (Å²) in [5.41, 5.74) is 6.95. The molecule has 0 saturated heterocycles. The summed E-state index contributed by atoms with van der Waals surface area (Å²) in [6.45, 7) is 2.19. The molecule has 2 atom stereocenters. The first-order chi connectivity index (χ1) is 11.2. The standard InChI is InChI=1S/C19H30N2O2/c1-2-3-4-5-6-10-13-18(20)19(23)21-17(15-22)14-16-11-8-7-9-12-16/h7-9,11-12,15,17-18H,2-6,10,13-14,20H2,1H3,(H,21,23)/t17-,18?/m0/s1. The van der Waals surface area contributed by atoms with Crippen molar-refractivity contribution in [1.29, 1.82) is 0 Å². The van der Waals surface area contributed by atoms with Crippen LogP contribution in [0, 0.1) is 0 Å². The molecule has 0 fully saturated rings. The Labute approximate surface area is 139 Å². The number of carbonyl (C=O) groups is 2. The van der Waals surface area contributed by atoms with E-state index in [-0.39, 0.29) is 5.91 Å². The molecule has 23 heavy (non-hydrogen) atoms. The average molecular weight is 318 g/mol. The van der Waals surface area contributed by atoms with Crippen LogP contribution in [0.1, 0.15) is 57.4 Å². The van der Waals surface area contributed by atoms with Crippen molar-refractivity contribution in [1.82, 2.24) is 5.32 Å². The molecule has 3 N–H and O–H groups in total. The van der Waals surface area contributed by atoms with E-state index in [0.29, 0.717) is 12.8 Å². The number of benzene rings is 1. The largest absolute Gasteiger partial charge is 0.345 e. The van der Waals surface area contributed by atoms with Gasteiger partial charge in [-0.15, -0.1) is 0 Å². The zero-order valence-corrected chi connectivity index (χ0v) is 14.2. The zero-order chi connectivity index (χ0) is 16.9. The molecule has 0 bridgehead atoms. The van der Waals surface area contributed by atoms with Gasteiger partial charge in [0.25, 0.3) is 0 Å². The van der Waals surface area contributed by atoms with Gasteiger partial charge in [0.15, 0.2) is 0 Å². The number of unbranched alkanes of at least 4 members (excludes halogenated alkanes) is 5. The maximum absolute atomic E-state index is 12.1. The first kappa shape index (κ1) is 19.4. The molecule has 0 spiro atoms. The molecular weight excluding hydrogens is 288 g/mol. The molecule has 4 nitrogen and oxygen atoms in total. The first-order valence-corrected chi connectivity index (χ1v) is 8.72. The second-order valence-corrected chi connectivity index (χ2v) is 6.10. The van der Waals surface area contributed by atoms with E-state index >= 15 is 0 Å². The second-order valence-electron chi connectivity index (χ2n) is 6.10. The van der Waals surface area contributed by atoms with Crippen LogP contribution in [0.4, 0.5) is 0 Å². The molecule has 0 heterocycles. The third-order valence-electron chi connectivity index (χ3n) is 4.00. The van der Waals surface area contributed by atoms with Gasteiger partial charge in [-0.1, -0.05) is 75.8 Å². The molecule has 1 aromatic carbocycles. The maximum atomic E-state index is 12.1. The predicted molar refractivity (Wildman–Crippen MR) is 94.1 cm³/mol. The fraction of sp³-hybridized carbons (Fsp3) is 0.579. The third kappa shape index (κ3) is 8.50. The lowest BCUT2D eigenvalue weighted by molar-refractivity contribution is -0.125. The van der Waals surface area contributed by atoms with Gasteiger partial charge in [-0.25, -0.2) is 0 Å². The highest BCUT2D eigenvalue weighted by Crippen LogP contribution is 2.08. The molecule has 4 heteroatoms. The Hall–Kier alpha value is -1.68. The Bertz CT molecular complexity index is 448. The van der Waals surface area contributed by atoms with Crippen LogP contribution in [-0.4, -0.2) is 24.3 Å². The van der Waals surface area contributed by atoms with Crippen LogP contribution >= 0.6 is 0 Å². The highest BCUT2D eigenvalue weighted by atomic mass is 16.2. The first-order valence-electron chi connectivity index (χ1n) is 8.72. The van der Waals surface area contributed by atoms with Gasteiger partial charge in [0.2, 0.25) is 5.91 Å². The number of nitrogens with one attached hydrogen (secondary N) is 1. The lowest BCUT2D eigenvalue weighted by atomic mass is 10.0. The average Bonchev–Trinajstić information content (AvgIpc) is 2.58. The minimum absolute atomic E-state index is 0.230. The van der Waals surface area contributed by atoms with Crippen LogP contribution in [0.15, 0.2) is 30.3 Å². The van der Waals surface area contributed by atoms with Gasteiger partial charge in [0, 0.05) is 0 Å². The van der Waals surface area contributed by atoms with E-state index in [0.717, 1.165) is 24.7 Å². The summed E-state index contributed by atoms with van der Waals surface area (Å²) >= 11 is 0. The van der Waals surface area contributed by atoms with Crippen LogP contribution in [-0.2, 0) is 16.0 Å². The minimum Gasteiger partial charge on any atom is -0.345 e. The lowest BCUT2D eigenvalue weighted by Gasteiger charge is -2.17. The van der Waals surface area contributed by atoms with Gasteiger partial charge in [-0.2, -0.15) is 0 Å². The van der Waals surface area contributed by atoms with Crippen molar-refractivity contribution in [3.05, 3.63) is 35.9 Å². The molecule has 128 valence electrons. The highest BCUT2D eigenvalue weighted by Gasteiger charge is 2.17. The van der Waals surface area contributed by atoms with Crippen molar-refractivity contribution in [2.75, 3.05) is 0 Å². The van der Waals surface area contributed by atoms with Gasteiger partial charge >= 0.3 is 0 Å². The van der Waals surface area contributed by atoms with E-state index in [2.05, 4.69) is 12.2 Å². The normalized spacial score (nSPS) is 13.3. The number of hydrogen-bond donors (Lipinski definition) is 2. The van der Waals surface area contributed by atoms with E-state index in [9.17, 15) is 9.59 Å². The van der Waals surface area contributed by atoms with Crippen LogP contribution < -0.4 is 11.1 Å². The third-order valence-corrected chi connectivity index (χ3v) is 4.00. The number of nitrogens with two attached hydrogens (primary N) is 1. The second kappa shape index (κ2) is 11.8. The van der Waals surface area contributed by atoms with Crippen LogP contribution in [0.25, 0.3) is 0 Å². The van der Waals surface area contributed by atoms with E-state index in [1.165, 1.54) is 25.7 Å². The number of rotatable bonds is 12. The summed E-state index contributed by atoms with van der Waals surface area (Å²) < 4.78 is 0. The van der Waals surface area contributed by atoms with E-state index < -0.39 is 12.1 Å². The summed E-state index contributed by atoms with van der Waals surface area (Å²) in [7, 11) is 0. The van der Waals surface area contributed by atoms with Crippen molar-refractivity contribution in [3.8, 4) is 0 Å². The molecule has 0 aliphatic heterocycles. The van der Waals surface area contributed by atoms with Gasteiger partial charge in [0.1, 0.15) is 6.29 Å². The topological polar surface area (TPSA) is 72.2 Å². The molecule has 0 radical (unpaired) electrons. The van der Waals surface area contributed by atoms with Gasteiger partial charge in [-0.05, 0) is 18.4 Å². The SMILES string of the molecule is CCCCCCCCC(N)C(=O)N[C@H](C=O)Cc1ccccc1. The Kier molecular flexibility index (Phi) is 9.96. The molecule has 1 rings (SSSR count). The molecule has 1 amide bonds. The zero-order valence-electron chi connectivity index (χ0n) is 14.2. The van der Waals surface area contributed by atoms with Crippen molar-refractivity contribution in [2.24, 2.45) is 5.73 Å². The molecule has 0 aliphatic carbocycles. The molecule has 0 aromatic heterocycles. The summed E-state index contributed by atoms with van der Waals surface area (Å²) in [4.78, 5) is 23.2. The Morgan fingerprint density at radius 2 is 1.78 bits per heavy atom. The van der Waals surface area contributed by atoms with E-state index in [4.69, 9.17) is 5.73 Å². The van der Waals surface area contributed by atoms with Crippen molar-refractivity contribution in [3.63, 3.8) is 0 Å². The van der Waals surface area contributed by atoms with Crippen molar-refractivity contribution < 1.29 is 9.59 Å². The van der Waals surface area contributed by atoms with E-state index in [1.54, 1.807) is 0 Å². The minimum atomic E-state index is -0.528. The van der Waals surface area contributed by atoms with Gasteiger partial charge < -0.3 is 15.8 Å². The molecule has 0 saturated carbocycles. The fourth-order valence-electron chi connectivity index (χ4n) is 2.57. The number of aldehydes is 1. The molecule has 1 aromatic rings. The van der Waals surface area contributed by atoms with Crippen molar-refractivity contribution in [2.45, 2.75) is 70.4 Å². The predicted octanol–water partition coefficient (Wildman–Crippen LogP) is 2.99. The summed E-state index contributed by atoms with van der Waals surface area (Å²) in [5.74, 6) is -0.230. The summed E-state index contributed by atoms with van der Waals surface area (Å²) in [6.07, 6.45) is 8.99. The van der Waals surface area contributed by atoms with Crippen LogP contribution in [0.5, 0.6) is 0 Å². The number of carbonyl (C=O) groups excluding carboxylic acids is 2. The Morgan fingerprint density at radius 3 is 2.43 bits per heavy atom. The molecular formula is C19H30N2O2.